The number of hydrogen-bond acceptors (Lipinski definition) is 5. The van der Waals surface area contributed by atoms with Gasteiger partial charge in [0.05, 0.1) is 24.5 Å². The molecule has 2 amide bonds. The van der Waals surface area contributed by atoms with E-state index in [-0.39, 0.29) is 24.9 Å². The van der Waals surface area contributed by atoms with Crippen molar-refractivity contribution < 1.29 is 14.1 Å². The van der Waals surface area contributed by atoms with Gasteiger partial charge in [-0.1, -0.05) is 41.6 Å². The average molecular weight is 404 g/mol. The number of likely N-dealkylation sites (N-methyl/N-ethyl adjacent to an activating group) is 1. The molecule has 0 spiro atoms. The fraction of sp³-hybridized carbons (Fsp3) is 0.261. The van der Waals surface area contributed by atoms with Crippen LogP contribution in [0.4, 0.5) is 17.2 Å². The molecule has 0 radical (unpaired) electrons. The lowest BCUT2D eigenvalue weighted by Crippen LogP contribution is -2.40. The number of nitrogens with zero attached hydrogens (tertiary/aromatic N) is 3. The van der Waals surface area contributed by atoms with Crippen molar-refractivity contribution in [1.29, 1.82) is 0 Å². The number of aromatic nitrogens is 1. The Morgan fingerprint density at radius 3 is 2.20 bits per heavy atom. The Labute approximate surface area is 175 Å². The van der Waals surface area contributed by atoms with Crippen LogP contribution < -0.4 is 10.2 Å². The van der Waals surface area contributed by atoms with Crippen molar-refractivity contribution in [2.24, 2.45) is 0 Å². The molecule has 4 rings (SSSR count). The fourth-order valence-electron chi connectivity index (χ4n) is 3.76. The summed E-state index contributed by atoms with van der Waals surface area (Å²) in [6.45, 7) is 1.92. The van der Waals surface area contributed by atoms with Crippen LogP contribution in [0.5, 0.6) is 0 Å². The Morgan fingerprint density at radius 1 is 1.03 bits per heavy atom. The van der Waals surface area contributed by atoms with E-state index in [1.54, 1.807) is 29.8 Å². The van der Waals surface area contributed by atoms with Crippen LogP contribution in [0, 0.1) is 6.92 Å². The summed E-state index contributed by atoms with van der Waals surface area (Å²) in [5.74, 6) is 0.652. The van der Waals surface area contributed by atoms with Crippen molar-refractivity contribution in [2.75, 3.05) is 30.4 Å². The number of benzene rings is 2. The van der Waals surface area contributed by atoms with Gasteiger partial charge in [-0.15, -0.1) is 0 Å². The third kappa shape index (κ3) is 4.26. The number of rotatable bonds is 5. The first-order valence-electron chi connectivity index (χ1n) is 9.92. The van der Waals surface area contributed by atoms with E-state index < -0.39 is 0 Å². The molecule has 0 aliphatic carbocycles. The van der Waals surface area contributed by atoms with Crippen molar-refractivity contribution in [3.63, 3.8) is 0 Å². The second-order valence-electron chi connectivity index (χ2n) is 7.53. The molecule has 1 aliphatic heterocycles. The van der Waals surface area contributed by atoms with E-state index in [9.17, 15) is 9.59 Å². The third-order valence-electron chi connectivity index (χ3n) is 5.09. The van der Waals surface area contributed by atoms with Crippen LogP contribution in [0.15, 0.2) is 59.1 Å². The van der Waals surface area contributed by atoms with Gasteiger partial charge in [-0.25, -0.2) is 0 Å². The molecule has 0 saturated carbocycles. The van der Waals surface area contributed by atoms with Gasteiger partial charge >= 0.3 is 0 Å². The molecule has 30 heavy (non-hydrogen) atoms. The zero-order valence-electron chi connectivity index (χ0n) is 17.1. The topological polar surface area (TPSA) is 78.7 Å². The summed E-state index contributed by atoms with van der Waals surface area (Å²) in [6.07, 6.45) is 1.76. The highest BCUT2D eigenvalue weighted by molar-refractivity contribution is 6.03. The summed E-state index contributed by atoms with van der Waals surface area (Å²) in [5.41, 5.74) is 4.10. The van der Waals surface area contributed by atoms with Crippen LogP contribution >= 0.6 is 0 Å². The Bertz CT molecular complexity index is 1030. The van der Waals surface area contributed by atoms with Gasteiger partial charge in [0.2, 0.25) is 11.8 Å². The Morgan fingerprint density at radius 2 is 1.63 bits per heavy atom. The monoisotopic (exact) mass is 404 g/mol. The van der Waals surface area contributed by atoms with Crippen molar-refractivity contribution in [1.82, 2.24) is 10.1 Å². The van der Waals surface area contributed by atoms with Crippen LogP contribution in [-0.2, 0) is 22.4 Å². The molecule has 3 aromatic rings. The van der Waals surface area contributed by atoms with Crippen LogP contribution in [0.25, 0.3) is 0 Å². The number of aryl methyl sites for hydroxylation is 3. The Kier molecular flexibility index (Phi) is 5.63. The minimum atomic E-state index is -0.254. The van der Waals surface area contributed by atoms with Gasteiger partial charge in [0, 0.05) is 6.07 Å². The van der Waals surface area contributed by atoms with Crippen LogP contribution in [0.1, 0.15) is 16.9 Å². The molecule has 2 aromatic carbocycles. The molecule has 7 nitrogen and oxygen atoms in total. The molecule has 0 fully saturated rings. The largest absolute Gasteiger partial charge is 0.360 e. The highest BCUT2D eigenvalue weighted by Crippen LogP contribution is 2.36. The molecule has 1 N–H and O–H groups in total. The lowest BCUT2D eigenvalue weighted by atomic mass is 10.0. The van der Waals surface area contributed by atoms with Gasteiger partial charge in [0.15, 0.2) is 5.82 Å². The maximum Gasteiger partial charge on any atom is 0.245 e. The molecule has 2 heterocycles. The predicted octanol–water partition coefficient (Wildman–Crippen LogP) is 3.32. The summed E-state index contributed by atoms with van der Waals surface area (Å²) in [4.78, 5) is 29.1. The molecular formula is C23H24N4O3. The van der Waals surface area contributed by atoms with E-state index in [1.807, 2.05) is 36.4 Å². The number of para-hydroxylation sites is 2. The normalized spacial score (nSPS) is 12.8. The molecule has 0 saturated heterocycles. The predicted molar refractivity (Wildman–Crippen MR) is 115 cm³/mol. The van der Waals surface area contributed by atoms with Gasteiger partial charge in [0.25, 0.3) is 0 Å². The number of amides is 2. The Hall–Kier alpha value is -3.45. The SMILES string of the molecule is Cc1cc(NC(=O)CN(C)CC(=O)N2c3ccccc3CCc3ccccc32)no1. The first-order valence-corrected chi connectivity index (χ1v) is 9.92. The van der Waals surface area contributed by atoms with E-state index in [2.05, 4.69) is 22.6 Å². The minimum Gasteiger partial charge on any atom is -0.360 e. The summed E-state index contributed by atoms with van der Waals surface area (Å²) in [6, 6.07) is 17.6. The maximum atomic E-state index is 13.4. The maximum absolute atomic E-state index is 13.4. The average Bonchev–Trinajstić information content (AvgIpc) is 3.04. The van der Waals surface area contributed by atoms with E-state index in [0.29, 0.717) is 11.6 Å². The summed E-state index contributed by atoms with van der Waals surface area (Å²) < 4.78 is 4.95. The van der Waals surface area contributed by atoms with Gasteiger partial charge in [-0.05, 0) is 50.1 Å². The molecule has 7 heteroatoms. The summed E-state index contributed by atoms with van der Waals surface area (Å²) >= 11 is 0. The number of hydrogen-bond donors (Lipinski definition) is 1. The second kappa shape index (κ2) is 8.51. The van der Waals surface area contributed by atoms with E-state index >= 15 is 0 Å². The van der Waals surface area contributed by atoms with Gasteiger partial charge in [-0.3, -0.25) is 19.4 Å². The quantitative estimate of drug-likeness (QED) is 0.706. The van der Waals surface area contributed by atoms with Crippen LogP contribution in [0.2, 0.25) is 0 Å². The van der Waals surface area contributed by atoms with Crippen molar-refractivity contribution >= 4 is 29.0 Å². The standard InChI is InChI=1S/C23H24N4O3/c1-16-13-21(25-30-16)24-22(28)14-26(2)15-23(29)27-19-9-5-3-7-17(19)11-12-18-8-4-6-10-20(18)27/h3-10,13H,11-12,14-15H2,1-2H3,(H,24,25,28). The molecule has 154 valence electrons. The Balaban J connectivity index is 1.50. The van der Waals surface area contributed by atoms with E-state index in [1.165, 1.54) is 0 Å². The number of anilines is 3. The highest BCUT2D eigenvalue weighted by Gasteiger charge is 2.26. The van der Waals surface area contributed by atoms with Gasteiger partial charge in [-0.2, -0.15) is 0 Å². The first kappa shape index (κ1) is 19.8. The lowest BCUT2D eigenvalue weighted by molar-refractivity contribution is -0.120. The molecule has 0 atom stereocenters. The third-order valence-corrected chi connectivity index (χ3v) is 5.09. The first-order chi connectivity index (χ1) is 14.5. The molecule has 0 bridgehead atoms. The van der Waals surface area contributed by atoms with Crippen LogP contribution in [0.3, 0.4) is 0 Å². The van der Waals surface area contributed by atoms with Gasteiger partial charge in [0.1, 0.15) is 5.76 Å². The molecule has 0 unspecified atom stereocenters. The minimum absolute atomic E-state index is 0.0643. The highest BCUT2D eigenvalue weighted by atomic mass is 16.5. The van der Waals surface area contributed by atoms with E-state index in [4.69, 9.17) is 4.52 Å². The zero-order valence-corrected chi connectivity index (χ0v) is 17.1. The number of carbonyl (C=O) groups is 2. The van der Waals surface area contributed by atoms with Crippen molar-refractivity contribution in [3.05, 3.63) is 71.5 Å². The van der Waals surface area contributed by atoms with Crippen LogP contribution in [-0.4, -0.2) is 42.0 Å². The number of fused-ring (bicyclic) bond motifs is 2. The number of carbonyl (C=O) groups excluding carboxylic acids is 2. The summed E-state index contributed by atoms with van der Waals surface area (Å²) in [7, 11) is 1.75. The molecule has 1 aliphatic rings. The number of nitrogens with one attached hydrogen (secondary N) is 1. The van der Waals surface area contributed by atoms with E-state index in [0.717, 1.165) is 35.3 Å². The molecular weight excluding hydrogens is 380 g/mol. The zero-order chi connectivity index (χ0) is 21.1. The van der Waals surface area contributed by atoms with Gasteiger partial charge < -0.3 is 9.84 Å². The fourth-order valence-corrected chi connectivity index (χ4v) is 3.76. The smallest absolute Gasteiger partial charge is 0.245 e. The summed E-state index contributed by atoms with van der Waals surface area (Å²) in [5, 5.41) is 6.43. The van der Waals surface area contributed by atoms with Crippen molar-refractivity contribution in [2.45, 2.75) is 19.8 Å². The van der Waals surface area contributed by atoms with Crippen molar-refractivity contribution in [3.8, 4) is 0 Å². The second-order valence-corrected chi connectivity index (χ2v) is 7.53. The lowest BCUT2D eigenvalue weighted by Gasteiger charge is -2.27. The molecule has 1 aromatic heterocycles.